The van der Waals surface area contributed by atoms with E-state index in [1.165, 1.54) is 0 Å². The Kier molecular flexibility index (Phi) is 5.64. The van der Waals surface area contributed by atoms with Crippen molar-refractivity contribution in [3.05, 3.63) is 29.3 Å². The summed E-state index contributed by atoms with van der Waals surface area (Å²) in [5.74, 6) is -0.518. The van der Waals surface area contributed by atoms with Gasteiger partial charge < -0.3 is 14.7 Å². The van der Waals surface area contributed by atoms with Gasteiger partial charge in [0.05, 0.1) is 18.9 Å². The number of aliphatic carboxylic acids is 1. The van der Waals surface area contributed by atoms with Crippen LogP contribution >= 0.6 is 0 Å². The minimum atomic E-state index is -0.818. The van der Waals surface area contributed by atoms with Crippen molar-refractivity contribution in [3.8, 4) is 5.75 Å². The van der Waals surface area contributed by atoms with E-state index in [9.17, 15) is 14.7 Å². The Labute approximate surface area is 137 Å². The summed E-state index contributed by atoms with van der Waals surface area (Å²) >= 11 is 0. The predicted octanol–water partition coefficient (Wildman–Crippen LogP) is 2.78. The SMILES string of the molecule is Cc1cccc(OCCC(=O)N2CCC[C@@H](C(=O)O)[C@H]2C)c1C. The van der Waals surface area contributed by atoms with Gasteiger partial charge in [-0.15, -0.1) is 0 Å². The zero-order valence-corrected chi connectivity index (χ0v) is 14.0. The zero-order valence-electron chi connectivity index (χ0n) is 14.0. The lowest BCUT2D eigenvalue weighted by molar-refractivity contribution is -0.149. The number of aryl methyl sites for hydroxylation is 1. The normalized spacial score (nSPS) is 21.1. The Morgan fingerprint density at radius 3 is 2.78 bits per heavy atom. The topological polar surface area (TPSA) is 66.8 Å². The van der Waals surface area contributed by atoms with Crippen LogP contribution in [0, 0.1) is 19.8 Å². The van der Waals surface area contributed by atoms with Crippen molar-refractivity contribution in [2.24, 2.45) is 5.92 Å². The van der Waals surface area contributed by atoms with Crippen molar-refractivity contribution in [1.29, 1.82) is 0 Å². The van der Waals surface area contributed by atoms with Crippen LogP contribution in [0.3, 0.4) is 0 Å². The third-order valence-corrected chi connectivity index (χ3v) is 4.75. The quantitative estimate of drug-likeness (QED) is 0.906. The van der Waals surface area contributed by atoms with Gasteiger partial charge in [-0.2, -0.15) is 0 Å². The van der Waals surface area contributed by atoms with Crippen LogP contribution in [-0.4, -0.2) is 41.1 Å². The fraction of sp³-hybridized carbons (Fsp3) is 0.556. The first-order valence-corrected chi connectivity index (χ1v) is 8.13. The Hall–Kier alpha value is -2.04. The molecule has 1 amide bonds. The van der Waals surface area contributed by atoms with Crippen molar-refractivity contribution >= 4 is 11.9 Å². The summed E-state index contributed by atoms with van der Waals surface area (Å²) < 4.78 is 5.72. The van der Waals surface area contributed by atoms with Gasteiger partial charge in [-0.1, -0.05) is 12.1 Å². The van der Waals surface area contributed by atoms with Crippen LogP contribution in [-0.2, 0) is 9.59 Å². The third kappa shape index (κ3) is 4.03. The molecule has 23 heavy (non-hydrogen) atoms. The molecule has 0 bridgehead atoms. The van der Waals surface area contributed by atoms with E-state index in [1.54, 1.807) is 4.90 Å². The highest BCUT2D eigenvalue weighted by Gasteiger charge is 2.34. The lowest BCUT2D eigenvalue weighted by Crippen LogP contribution is -2.49. The maximum Gasteiger partial charge on any atom is 0.308 e. The van der Waals surface area contributed by atoms with Gasteiger partial charge in [0.25, 0.3) is 0 Å². The number of hydrogen-bond donors (Lipinski definition) is 1. The molecule has 1 aromatic carbocycles. The number of carbonyl (C=O) groups is 2. The van der Waals surface area contributed by atoms with Crippen LogP contribution < -0.4 is 4.74 Å². The Bertz CT molecular complexity index is 584. The van der Waals surface area contributed by atoms with Crippen LogP contribution in [0.15, 0.2) is 18.2 Å². The standard InChI is InChI=1S/C18H25NO4/c1-12-6-4-8-16(13(12)2)23-11-9-17(20)19-10-5-7-15(14(19)3)18(21)22/h4,6,8,14-15H,5,7,9-11H2,1-3H3,(H,21,22)/t14-,15-/m1/s1. The molecule has 0 radical (unpaired) electrons. The van der Waals surface area contributed by atoms with Crippen molar-refractivity contribution in [2.75, 3.05) is 13.2 Å². The maximum atomic E-state index is 12.4. The molecule has 2 rings (SSSR count). The van der Waals surface area contributed by atoms with Crippen molar-refractivity contribution in [1.82, 2.24) is 4.90 Å². The number of hydrogen-bond acceptors (Lipinski definition) is 3. The molecule has 1 fully saturated rings. The molecule has 1 aromatic rings. The number of rotatable bonds is 5. The molecule has 0 spiro atoms. The summed E-state index contributed by atoms with van der Waals surface area (Å²) in [6, 6.07) is 5.60. The molecule has 0 unspecified atom stereocenters. The lowest BCUT2D eigenvalue weighted by Gasteiger charge is -2.37. The second kappa shape index (κ2) is 7.49. The average Bonchev–Trinajstić information content (AvgIpc) is 2.51. The first-order valence-electron chi connectivity index (χ1n) is 8.13. The second-order valence-corrected chi connectivity index (χ2v) is 6.21. The summed E-state index contributed by atoms with van der Waals surface area (Å²) in [6.45, 7) is 6.78. The molecule has 126 valence electrons. The number of piperidine rings is 1. The maximum absolute atomic E-state index is 12.4. The number of benzene rings is 1. The number of likely N-dealkylation sites (tertiary alicyclic amines) is 1. The van der Waals surface area contributed by atoms with Gasteiger partial charge in [0.15, 0.2) is 0 Å². The first kappa shape index (κ1) is 17.3. The number of amides is 1. The molecule has 2 atom stereocenters. The monoisotopic (exact) mass is 319 g/mol. The number of carbonyl (C=O) groups excluding carboxylic acids is 1. The first-order chi connectivity index (χ1) is 10.9. The van der Waals surface area contributed by atoms with Crippen LogP contribution in [0.1, 0.15) is 37.3 Å². The van der Waals surface area contributed by atoms with Gasteiger partial charge >= 0.3 is 5.97 Å². The van der Waals surface area contributed by atoms with E-state index in [4.69, 9.17) is 4.74 Å². The van der Waals surface area contributed by atoms with Crippen LogP contribution in [0.25, 0.3) is 0 Å². The minimum Gasteiger partial charge on any atom is -0.493 e. The average molecular weight is 319 g/mol. The molecular weight excluding hydrogens is 294 g/mol. The molecule has 1 aliphatic rings. The third-order valence-electron chi connectivity index (χ3n) is 4.75. The van der Waals surface area contributed by atoms with E-state index in [2.05, 4.69) is 0 Å². The molecule has 5 heteroatoms. The fourth-order valence-corrected chi connectivity index (χ4v) is 3.10. The van der Waals surface area contributed by atoms with E-state index < -0.39 is 11.9 Å². The lowest BCUT2D eigenvalue weighted by atomic mass is 9.90. The molecule has 1 heterocycles. The van der Waals surface area contributed by atoms with E-state index >= 15 is 0 Å². The summed E-state index contributed by atoms with van der Waals surface area (Å²) in [6.07, 6.45) is 1.65. The molecule has 5 nitrogen and oxygen atoms in total. The summed E-state index contributed by atoms with van der Waals surface area (Å²) in [7, 11) is 0. The summed E-state index contributed by atoms with van der Waals surface area (Å²) in [5, 5.41) is 9.23. The van der Waals surface area contributed by atoms with Crippen molar-refractivity contribution < 1.29 is 19.4 Å². The van der Waals surface area contributed by atoms with E-state index in [0.29, 0.717) is 19.6 Å². The number of ether oxygens (including phenoxy) is 1. The van der Waals surface area contributed by atoms with Gasteiger partial charge in [-0.05, 0) is 50.8 Å². The largest absolute Gasteiger partial charge is 0.493 e. The predicted molar refractivity (Wildman–Crippen MR) is 87.6 cm³/mol. The van der Waals surface area contributed by atoms with Gasteiger partial charge in [0, 0.05) is 12.6 Å². The molecule has 1 aliphatic heterocycles. The van der Waals surface area contributed by atoms with E-state index in [0.717, 1.165) is 23.3 Å². The fourth-order valence-electron chi connectivity index (χ4n) is 3.10. The van der Waals surface area contributed by atoms with Crippen molar-refractivity contribution in [2.45, 2.75) is 46.1 Å². The van der Waals surface area contributed by atoms with Gasteiger partial charge in [0.2, 0.25) is 5.91 Å². The highest BCUT2D eigenvalue weighted by molar-refractivity contribution is 5.78. The molecule has 0 saturated carbocycles. The van der Waals surface area contributed by atoms with Crippen molar-refractivity contribution in [3.63, 3.8) is 0 Å². The van der Waals surface area contributed by atoms with Crippen LogP contribution in [0.4, 0.5) is 0 Å². The molecule has 0 aliphatic carbocycles. The summed E-state index contributed by atoms with van der Waals surface area (Å²) in [5.41, 5.74) is 2.24. The highest BCUT2D eigenvalue weighted by atomic mass is 16.5. The van der Waals surface area contributed by atoms with Gasteiger partial charge in [0.1, 0.15) is 5.75 Å². The smallest absolute Gasteiger partial charge is 0.308 e. The molecule has 1 N–H and O–H groups in total. The second-order valence-electron chi connectivity index (χ2n) is 6.21. The molecule has 0 aromatic heterocycles. The minimum absolute atomic E-state index is 0.0336. The van der Waals surface area contributed by atoms with Crippen LogP contribution in [0.5, 0.6) is 5.75 Å². The molecular formula is C18H25NO4. The van der Waals surface area contributed by atoms with Crippen LogP contribution in [0.2, 0.25) is 0 Å². The Morgan fingerprint density at radius 2 is 2.09 bits per heavy atom. The Balaban J connectivity index is 1.89. The van der Waals surface area contributed by atoms with Gasteiger partial charge in [-0.25, -0.2) is 0 Å². The number of carboxylic acid groups (broad SMARTS) is 1. The Morgan fingerprint density at radius 1 is 1.35 bits per heavy atom. The zero-order chi connectivity index (χ0) is 17.0. The number of carboxylic acids is 1. The van der Waals surface area contributed by atoms with E-state index in [-0.39, 0.29) is 18.4 Å². The summed E-state index contributed by atoms with van der Waals surface area (Å²) in [4.78, 5) is 25.3. The number of nitrogens with zero attached hydrogens (tertiary/aromatic N) is 1. The molecule has 1 saturated heterocycles. The van der Waals surface area contributed by atoms with Gasteiger partial charge in [-0.3, -0.25) is 9.59 Å². The highest BCUT2D eigenvalue weighted by Crippen LogP contribution is 2.25. The van der Waals surface area contributed by atoms with E-state index in [1.807, 2.05) is 39.0 Å².